The third-order valence-electron chi connectivity index (χ3n) is 6.44. The number of carbonyl (C=O) groups excluding carboxylic acids is 3. The first-order valence-corrected chi connectivity index (χ1v) is 11.6. The van der Waals surface area contributed by atoms with E-state index in [1.807, 2.05) is 12.1 Å². The number of fused-ring (bicyclic) bond motifs is 1. The van der Waals surface area contributed by atoms with E-state index in [9.17, 15) is 14.4 Å². The Morgan fingerprint density at radius 3 is 2.79 bits per heavy atom. The smallest absolute Gasteiger partial charge is 0.248 e. The van der Waals surface area contributed by atoms with E-state index >= 15 is 0 Å². The number of amides is 3. The number of hydrogen-bond donors (Lipinski definition) is 3. The Hall–Kier alpha value is -2.89. The molecule has 1 aromatic rings. The van der Waals surface area contributed by atoms with Gasteiger partial charge in [0.15, 0.2) is 0 Å². The zero-order valence-electron chi connectivity index (χ0n) is 19.4. The standard InChI is InChI=1S/C25H34N4O4/c1-4-15-33-16-21(28-23(30)17(2)26-3)25(32)29-14-8-13-22(29)24(31)27-20-12-7-10-18-9-5-6-11-19(18)20/h1,5-6,9,11,17,20-22,26H,7-8,10,12-16H2,2-3H3,(H,27,31)(H,28,30)/t17-,20+,21-,22-/m0/s1. The van der Waals surface area contributed by atoms with E-state index in [1.54, 1.807) is 18.9 Å². The van der Waals surface area contributed by atoms with Gasteiger partial charge in [0.25, 0.3) is 0 Å². The molecule has 1 aliphatic heterocycles. The van der Waals surface area contributed by atoms with Gasteiger partial charge < -0.3 is 25.6 Å². The average molecular weight is 455 g/mol. The molecule has 0 unspecified atom stereocenters. The van der Waals surface area contributed by atoms with Crippen molar-refractivity contribution in [1.82, 2.24) is 20.9 Å². The van der Waals surface area contributed by atoms with Gasteiger partial charge in [-0.2, -0.15) is 0 Å². The van der Waals surface area contributed by atoms with Gasteiger partial charge in [-0.15, -0.1) is 6.42 Å². The highest BCUT2D eigenvalue weighted by molar-refractivity contribution is 5.93. The van der Waals surface area contributed by atoms with Crippen LogP contribution in [0.1, 0.15) is 49.8 Å². The Balaban J connectivity index is 1.69. The van der Waals surface area contributed by atoms with Gasteiger partial charge >= 0.3 is 0 Å². The fourth-order valence-corrected chi connectivity index (χ4v) is 4.51. The number of likely N-dealkylation sites (N-methyl/N-ethyl adjacent to an activating group) is 1. The molecule has 8 heteroatoms. The van der Waals surface area contributed by atoms with Gasteiger partial charge in [0.05, 0.1) is 18.7 Å². The Bertz CT molecular complexity index is 897. The molecule has 1 heterocycles. The highest BCUT2D eigenvalue weighted by atomic mass is 16.5. The zero-order chi connectivity index (χ0) is 23.8. The monoisotopic (exact) mass is 454 g/mol. The van der Waals surface area contributed by atoms with Crippen molar-refractivity contribution >= 4 is 17.7 Å². The number of aryl methyl sites for hydroxylation is 1. The van der Waals surface area contributed by atoms with Gasteiger partial charge in [0.1, 0.15) is 18.7 Å². The minimum Gasteiger partial charge on any atom is -0.366 e. The van der Waals surface area contributed by atoms with Crippen molar-refractivity contribution in [2.45, 2.75) is 63.2 Å². The van der Waals surface area contributed by atoms with E-state index in [4.69, 9.17) is 11.2 Å². The van der Waals surface area contributed by atoms with Gasteiger partial charge in [-0.1, -0.05) is 30.2 Å². The maximum Gasteiger partial charge on any atom is 0.248 e. The van der Waals surface area contributed by atoms with Crippen LogP contribution in [0.25, 0.3) is 0 Å². The van der Waals surface area contributed by atoms with Crippen LogP contribution in [0.4, 0.5) is 0 Å². The second-order valence-electron chi connectivity index (χ2n) is 8.63. The molecule has 1 aliphatic carbocycles. The fourth-order valence-electron chi connectivity index (χ4n) is 4.51. The van der Waals surface area contributed by atoms with Crippen molar-refractivity contribution in [1.29, 1.82) is 0 Å². The molecule has 0 radical (unpaired) electrons. The second-order valence-corrected chi connectivity index (χ2v) is 8.63. The average Bonchev–Trinajstić information content (AvgIpc) is 3.33. The molecule has 33 heavy (non-hydrogen) atoms. The first-order valence-electron chi connectivity index (χ1n) is 11.6. The molecule has 1 saturated heterocycles. The summed E-state index contributed by atoms with van der Waals surface area (Å²) in [7, 11) is 1.67. The maximum absolute atomic E-state index is 13.4. The van der Waals surface area contributed by atoms with Gasteiger partial charge in [-0.3, -0.25) is 14.4 Å². The number of hydrogen-bond acceptors (Lipinski definition) is 5. The summed E-state index contributed by atoms with van der Waals surface area (Å²) in [5.41, 5.74) is 2.42. The number of nitrogens with one attached hydrogen (secondary N) is 3. The maximum atomic E-state index is 13.4. The molecule has 8 nitrogen and oxygen atoms in total. The van der Waals surface area contributed by atoms with Gasteiger partial charge in [0.2, 0.25) is 17.7 Å². The van der Waals surface area contributed by atoms with Crippen molar-refractivity contribution in [3.63, 3.8) is 0 Å². The van der Waals surface area contributed by atoms with Crippen molar-refractivity contribution < 1.29 is 19.1 Å². The summed E-state index contributed by atoms with van der Waals surface area (Å²) >= 11 is 0. The summed E-state index contributed by atoms with van der Waals surface area (Å²) in [5.74, 6) is 1.56. The van der Waals surface area contributed by atoms with Gasteiger partial charge in [0, 0.05) is 6.54 Å². The molecule has 1 fully saturated rings. The number of likely N-dealkylation sites (tertiary alicyclic amines) is 1. The molecule has 3 N–H and O–H groups in total. The number of rotatable bonds is 9. The van der Waals surface area contributed by atoms with Crippen molar-refractivity contribution in [3.8, 4) is 12.3 Å². The predicted octanol–water partition coefficient (Wildman–Crippen LogP) is 0.914. The highest BCUT2D eigenvalue weighted by Crippen LogP contribution is 2.30. The summed E-state index contributed by atoms with van der Waals surface area (Å²) in [6.45, 7) is 2.15. The topological polar surface area (TPSA) is 99.8 Å². The van der Waals surface area contributed by atoms with E-state index in [0.29, 0.717) is 13.0 Å². The molecular weight excluding hydrogens is 420 g/mol. The van der Waals surface area contributed by atoms with Gasteiger partial charge in [-0.25, -0.2) is 0 Å². The molecule has 178 valence electrons. The third kappa shape index (κ3) is 6.12. The van der Waals surface area contributed by atoms with Crippen LogP contribution in [0.2, 0.25) is 0 Å². The minimum absolute atomic E-state index is 0.0340. The minimum atomic E-state index is -0.912. The lowest BCUT2D eigenvalue weighted by atomic mass is 9.87. The summed E-state index contributed by atoms with van der Waals surface area (Å²) in [4.78, 5) is 40.6. The van der Waals surface area contributed by atoms with Crippen LogP contribution in [0, 0.1) is 12.3 Å². The first kappa shape index (κ1) is 24.7. The largest absolute Gasteiger partial charge is 0.366 e. The molecule has 0 bridgehead atoms. The van der Waals surface area contributed by atoms with E-state index in [2.05, 4.69) is 34.0 Å². The predicted molar refractivity (Wildman–Crippen MR) is 125 cm³/mol. The summed E-state index contributed by atoms with van der Waals surface area (Å²) in [5, 5.41) is 8.76. The lowest BCUT2D eigenvalue weighted by Crippen LogP contribution is -2.57. The van der Waals surface area contributed by atoms with Crippen LogP contribution in [0.15, 0.2) is 24.3 Å². The van der Waals surface area contributed by atoms with Crippen LogP contribution in [0.5, 0.6) is 0 Å². The summed E-state index contributed by atoms with van der Waals surface area (Å²) in [6, 6.07) is 6.17. The van der Waals surface area contributed by atoms with Crippen LogP contribution in [-0.2, 0) is 25.5 Å². The number of ether oxygens (including phenoxy) is 1. The number of nitrogens with zero attached hydrogens (tertiary/aromatic N) is 1. The molecule has 0 aromatic heterocycles. The number of benzene rings is 1. The highest BCUT2D eigenvalue weighted by Gasteiger charge is 2.39. The number of terminal acetylenes is 1. The quantitative estimate of drug-likeness (QED) is 0.381. The first-order chi connectivity index (χ1) is 16.0. The second kappa shape index (κ2) is 11.8. The van der Waals surface area contributed by atoms with Crippen LogP contribution >= 0.6 is 0 Å². The van der Waals surface area contributed by atoms with E-state index < -0.39 is 18.1 Å². The van der Waals surface area contributed by atoms with E-state index in [-0.39, 0.29) is 37.0 Å². The van der Waals surface area contributed by atoms with E-state index in [0.717, 1.165) is 31.2 Å². The van der Waals surface area contributed by atoms with Crippen molar-refractivity contribution in [2.24, 2.45) is 0 Å². The lowest BCUT2D eigenvalue weighted by Gasteiger charge is -2.31. The molecule has 4 atom stereocenters. The molecular formula is C25H34N4O4. The molecule has 0 spiro atoms. The van der Waals surface area contributed by atoms with Crippen LogP contribution in [-0.4, -0.2) is 67.6 Å². The number of carbonyl (C=O) groups is 3. The van der Waals surface area contributed by atoms with Crippen molar-refractivity contribution in [2.75, 3.05) is 26.8 Å². The molecule has 2 aliphatic rings. The normalized spacial score (nSPS) is 21.4. The van der Waals surface area contributed by atoms with Crippen molar-refractivity contribution in [3.05, 3.63) is 35.4 Å². The van der Waals surface area contributed by atoms with Gasteiger partial charge in [-0.05, 0) is 57.2 Å². The molecule has 3 amide bonds. The van der Waals surface area contributed by atoms with Crippen LogP contribution < -0.4 is 16.0 Å². The van der Waals surface area contributed by atoms with Crippen LogP contribution in [0.3, 0.4) is 0 Å². The fraction of sp³-hybridized carbons (Fsp3) is 0.560. The molecule has 1 aromatic carbocycles. The molecule has 3 rings (SSSR count). The summed E-state index contributed by atoms with van der Waals surface area (Å²) in [6.07, 6.45) is 9.47. The Kier molecular flexibility index (Phi) is 8.87. The lowest BCUT2D eigenvalue weighted by molar-refractivity contribution is -0.143. The zero-order valence-corrected chi connectivity index (χ0v) is 19.4. The molecule has 0 saturated carbocycles. The third-order valence-corrected chi connectivity index (χ3v) is 6.44. The SMILES string of the molecule is C#CCOC[C@H](NC(=O)[C@H](C)NC)C(=O)N1CCC[C@H]1C(=O)N[C@@H]1CCCc2ccccc21. The Morgan fingerprint density at radius 1 is 1.24 bits per heavy atom. The van der Waals surface area contributed by atoms with E-state index in [1.165, 1.54) is 5.56 Å². The summed E-state index contributed by atoms with van der Waals surface area (Å²) < 4.78 is 5.38. The Labute approximate surface area is 195 Å². The Morgan fingerprint density at radius 2 is 2.03 bits per heavy atom.